The molecule has 2 heterocycles. The van der Waals surface area contributed by atoms with Gasteiger partial charge in [0, 0.05) is 19.8 Å². The van der Waals surface area contributed by atoms with Crippen LogP contribution in [0.5, 0.6) is 0 Å². The SMILES string of the molecule is C1CCOC1.CCOC(=O)[C@H]1O[C@@H]1C(=O)N[C@@H](CC(C)C)C(=O)NCCC(C)C. The fraction of sp³-hybridized carbons (Fsp3) is 0.857. The Morgan fingerprint density at radius 1 is 1.03 bits per heavy atom. The Morgan fingerprint density at radius 3 is 2.17 bits per heavy atom. The molecule has 2 saturated heterocycles. The summed E-state index contributed by atoms with van der Waals surface area (Å²) in [5.74, 6) is -0.455. The van der Waals surface area contributed by atoms with Crippen LogP contribution >= 0.6 is 0 Å². The molecule has 0 aliphatic carbocycles. The average molecular weight is 415 g/mol. The fourth-order valence-corrected chi connectivity index (χ4v) is 2.79. The van der Waals surface area contributed by atoms with E-state index in [2.05, 4.69) is 24.5 Å². The molecule has 2 rings (SSSR count). The lowest BCUT2D eigenvalue weighted by Crippen LogP contribution is -2.49. The first-order valence-corrected chi connectivity index (χ1v) is 10.7. The molecular formula is C21H38N2O6. The third kappa shape index (κ3) is 10.6. The van der Waals surface area contributed by atoms with Gasteiger partial charge in [0.1, 0.15) is 6.04 Å². The van der Waals surface area contributed by atoms with Crippen LogP contribution in [0.25, 0.3) is 0 Å². The largest absolute Gasteiger partial charge is 0.464 e. The number of hydrogen-bond donors (Lipinski definition) is 2. The van der Waals surface area contributed by atoms with E-state index in [1.54, 1.807) is 6.92 Å². The lowest BCUT2D eigenvalue weighted by molar-refractivity contribution is -0.144. The van der Waals surface area contributed by atoms with E-state index in [-0.39, 0.29) is 18.4 Å². The molecule has 0 radical (unpaired) electrons. The second-order valence-corrected chi connectivity index (χ2v) is 8.21. The lowest BCUT2D eigenvalue weighted by atomic mass is 10.0. The van der Waals surface area contributed by atoms with E-state index in [4.69, 9.17) is 14.2 Å². The van der Waals surface area contributed by atoms with Gasteiger partial charge in [0.25, 0.3) is 5.91 Å². The minimum Gasteiger partial charge on any atom is -0.464 e. The summed E-state index contributed by atoms with van der Waals surface area (Å²) in [6.45, 7) is 12.6. The molecule has 0 aromatic rings. The number of esters is 1. The summed E-state index contributed by atoms with van der Waals surface area (Å²) in [6, 6.07) is -0.628. The van der Waals surface area contributed by atoms with Gasteiger partial charge >= 0.3 is 5.97 Å². The van der Waals surface area contributed by atoms with E-state index in [1.165, 1.54) is 12.8 Å². The first kappa shape index (κ1) is 25.4. The van der Waals surface area contributed by atoms with Crippen molar-refractivity contribution in [2.24, 2.45) is 11.8 Å². The summed E-state index contributed by atoms with van der Waals surface area (Å²) in [7, 11) is 0. The van der Waals surface area contributed by atoms with Gasteiger partial charge < -0.3 is 24.8 Å². The van der Waals surface area contributed by atoms with Gasteiger partial charge in [-0.3, -0.25) is 9.59 Å². The van der Waals surface area contributed by atoms with Gasteiger partial charge in [-0.2, -0.15) is 0 Å². The Labute approximate surface area is 174 Å². The smallest absolute Gasteiger partial charge is 0.338 e. The molecule has 2 N–H and O–H groups in total. The van der Waals surface area contributed by atoms with E-state index in [0.717, 1.165) is 19.6 Å². The number of carbonyl (C=O) groups excluding carboxylic acids is 3. The molecule has 29 heavy (non-hydrogen) atoms. The van der Waals surface area contributed by atoms with Gasteiger partial charge in [-0.25, -0.2) is 4.79 Å². The van der Waals surface area contributed by atoms with Gasteiger partial charge in [0.2, 0.25) is 5.91 Å². The summed E-state index contributed by atoms with van der Waals surface area (Å²) in [4.78, 5) is 36.0. The highest BCUT2D eigenvalue weighted by Gasteiger charge is 2.52. The van der Waals surface area contributed by atoms with Crippen molar-refractivity contribution in [2.45, 2.75) is 78.6 Å². The maximum absolute atomic E-state index is 12.3. The molecular weight excluding hydrogens is 376 g/mol. The number of carbonyl (C=O) groups is 3. The molecule has 8 nitrogen and oxygen atoms in total. The van der Waals surface area contributed by atoms with Crippen molar-refractivity contribution in [3.8, 4) is 0 Å². The van der Waals surface area contributed by atoms with Gasteiger partial charge in [-0.15, -0.1) is 0 Å². The van der Waals surface area contributed by atoms with Gasteiger partial charge in [0.15, 0.2) is 12.2 Å². The maximum atomic E-state index is 12.3. The van der Waals surface area contributed by atoms with Gasteiger partial charge in [0.05, 0.1) is 6.61 Å². The number of amides is 2. The quantitative estimate of drug-likeness (QED) is 0.417. The third-order valence-corrected chi connectivity index (χ3v) is 4.46. The van der Waals surface area contributed by atoms with Crippen molar-refractivity contribution in [1.82, 2.24) is 10.6 Å². The Kier molecular flexibility index (Phi) is 11.8. The molecule has 0 bridgehead atoms. The van der Waals surface area contributed by atoms with Crippen molar-refractivity contribution in [1.29, 1.82) is 0 Å². The molecule has 0 unspecified atom stereocenters. The van der Waals surface area contributed by atoms with Crippen LogP contribution in [0.4, 0.5) is 0 Å². The summed E-state index contributed by atoms with van der Waals surface area (Å²) >= 11 is 0. The Morgan fingerprint density at radius 2 is 1.69 bits per heavy atom. The van der Waals surface area contributed by atoms with Crippen molar-refractivity contribution in [3.05, 3.63) is 0 Å². The van der Waals surface area contributed by atoms with Crippen LogP contribution in [0.2, 0.25) is 0 Å². The second kappa shape index (κ2) is 13.5. The Bertz CT molecular complexity index is 512. The molecule has 2 aliphatic heterocycles. The zero-order valence-corrected chi connectivity index (χ0v) is 18.5. The maximum Gasteiger partial charge on any atom is 0.338 e. The van der Waals surface area contributed by atoms with E-state index in [0.29, 0.717) is 18.9 Å². The van der Waals surface area contributed by atoms with Gasteiger partial charge in [-0.05, 0) is 44.4 Å². The van der Waals surface area contributed by atoms with Crippen LogP contribution in [-0.2, 0) is 28.6 Å². The van der Waals surface area contributed by atoms with Crippen molar-refractivity contribution in [2.75, 3.05) is 26.4 Å². The Balaban J connectivity index is 0.000000726. The molecule has 0 spiro atoms. The monoisotopic (exact) mass is 414 g/mol. The summed E-state index contributed by atoms with van der Waals surface area (Å²) in [5.41, 5.74) is 0. The number of rotatable bonds is 10. The minimum absolute atomic E-state index is 0.203. The third-order valence-electron chi connectivity index (χ3n) is 4.46. The fourth-order valence-electron chi connectivity index (χ4n) is 2.79. The number of ether oxygens (including phenoxy) is 3. The second-order valence-electron chi connectivity index (χ2n) is 8.21. The summed E-state index contributed by atoms with van der Waals surface area (Å²) in [6.07, 6.45) is 2.25. The van der Waals surface area contributed by atoms with Crippen molar-refractivity contribution >= 4 is 17.8 Å². The average Bonchev–Trinajstić information content (AvgIpc) is 3.22. The molecule has 3 atom stereocenters. The van der Waals surface area contributed by atoms with Crippen LogP contribution in [0.3, 0.4) is 0 Å². The van der Waals surface area contributed by atoms with Crippen LogP contribution in [0.1, 0.15) is 60.3 Å². The van der Waals surface area contributed by atoms with E-state index in [1.807, 2.05) is 13.8 Å². The van der Waals surface area contributed by atoms with Crippen LogP contribution in [0.15, 0.2) is 0 Å². The Hall–Kier alpha value is -1.67. The van der Waals surface area contributed by atoms with Crippen LogP contribution < -0.4 is 10.6 Å². The predicted octanol–water partition coefficient (Wildman–Crippen LogP) is 1.81. The zero-order valence-electron chi connectivity index (χ0n) is 18.5. The highest BCUT2D eigenvalue weighted by Crippen LogP contribution is 2.24. The topological polar surface area (TPSA) is 106 Å². The van der Waals surface area contributed by atoms with E-state index in [9.17, 15) is 14.4 Å². The van der Waals surface area contributed by atoms with Crippen LogP contribution in [0, 0.1) is 11.8 Å². The van der Waals surface area contributed by atoms with Gasteiger partial charge in [-0.1, -0.05) is 27.7 Å². The number of hydrogen-bond acceptors (Lipinski definition) is 6. The summed E-state index contributed by atoms with van der Waals surface area (Å²) in [5, 5.41) is 5.54. The molecule has 2 fully saturated rings. The molecule has 2 amide bonds. The highest BCUT2D eigenvalue weighted by atomic mass is 16.6. The van der Waals surface area contributed by atoms with Crippen molar-refractivity contribution < 1.29 is 28.6 Å². The van der Waals surface area contributed by atoms with E-state index < -0.39 is 30.1 Å². The van der Waals surface area contributed by atoms with E-state index >= 15 is 0 Å². The number of nitrogens with one attached hydrogen (secondary N) is 2. The normalized spacial score (nSPS) is 21.2. The minimum atomic E-state index is -0.859. The van der Waals surface area contributed by atoms with Crippen molar-refractivity contribution in [3.63, 3.8) is 0 Å². The molecule has 8 heteroatoms. The lowest BCUT2D eigenvalue weighted by Gasteiger charge is -2.20. The van der Waals surface area contributed by atoms with Crippen LogP contribution in [-0.4, -0.2) is 62.4 Å². The molecule has 168 valence electrons. The highest BCUT2D eigenvalue weighted by molar-refractivity contribution is 5.95. The first-order valence-electron chi connectivity index (χ1n) is 10.7. The first-order chi connectivity index (χ1) is 13.8. The number of epoxide rings is 1. The standard InChI is InChI=1S/C17H30N2O5.C4H8O/c1-6-23-17(22)14-13(24-14)16(21)19-12(9-11(4)5)15(20)18-8-7-10(2)3;1-2-4-5-3-1/h10-14H,6-9H2,1-5H3,(H,18,20)(H,19,21);1-4H2/t12-,13-,14-;/m0./s1. The zero-order chi connectivity index (χ0) is 21.8. The molecule has 2 aliphatic rings. The predicted molar refractivity (Wildman–Crippen MR) is 109 cm³/mol. The molecule has 0 aromatic carbocycles. The molecule has 0 aromatic heterocycles. The molecule has 0 saturated carbocycles. The summed E-state index contributed by atoms with van der Waals surface area (Å²) < 4.78 is 14.8.